The first-order chi connectivity index (χ1) is 9.49. The fraction of sp³-hybridized carbons (Fsp3) is 0.500. The molecule has 1 aromatic rings. The lowest BCUT2D eigenvalue weighted by atomic mass is 9.94. The lowest BCUT2D eigenvalue weighted by Gasteiger charge is -2.40. The van der Waals surface area contributed by atoms with Crippen LogP contribution in [0, 0.1) is 10.1 Å². The zero-order chi connectivity index (χ0) is 14.8. The predicted octanol–water partition coefficient (Wildman–Crippen LogP) is 2.41. The molecule has 6 nitrogen and oxygen atoms in total. The maximum absolute atomic E-state index is 11.2. The topological polar surface area (TPSA) is 72.7 Å². The molecule has 20 heavy (non-hydrogen) atoms. The molecule has 1 unspecified atom stereocenters. The maximum atomic E-state index is 11.2. The number of piperidine rings is 1. The monoisotopic (exact) mass is 278 g/mol. The van der Waals surface area contributed by atoms with Gasteiger partial charge in [-0.15, -0.1) is 0 Å². The summed E-state index contributed by atoms with van der Waals surface area (Å²) in [5.74, 6) is 0. The molecule has 0 amide bonds. The highest BCUT2D eigenvalue weighted by Crippen LogP contribution is 2.34. The van der Waals surface area contributed by atoms with Gasteiger partial charge in [-0.1, -0.05) is 0 Å². The zero-order valence-corrected chi connectivity index (χ0v) is 11.7. The number of carbonyl (C=O) groups is 1. The molecule has 1 aliphatic heterocycles. The Hall–Kier alpha value is -1.95. The fourth-order valence-electron chi connectivity index (χ4n) is 2.61. The second kappa shape index (κ2) is 5.58. The van der Waals surface area contributed by atoms with E-state index in [1.807, 2.05) is 11.8 Å². The van der Waals surface area contributed by atoms with E-state index in [4.69, 9.17) is 4.74 Å². The minimum absolute atomic E-state index is 0.0325. The van der Waals surface area contributed by atoms with Crippen LogP contribution in [0.25, 0.3) is 0 Å². The van der Waals surface area contributed by atoms with Gasteiger partial charge in [0.25, 0.3) is 5.69 Å². The Morgan fingerprint density at radius 1 is 1.50 bits per heavy atom. The molecule has 1 fully saturated rings. The molecule has 1 saturated heterocycles. The molecule has 0 saturated carbocycles. The van der Waals surface area contributed by atoms with E-state index < -0.39 is 4.92 Å². The van der Waals surface area contributed by atoms with Crippen LogP contribution in [0.1, 0.15) is 30.1 Å². The lowest BCUT2D eigenvalue weighted by molar-refractivity contribution is -0.384. The quantitative estimate of drug-likeness (QED) is 0.480. The number of aldehydes is 1. The SMILES string of the molecule is COC1(C)CCCN(c2ccc(C=O)cc2[N+](=O)[O-])C1. The minimum Gasteiger partial charge on any atom is -0.377 e. The van der Waals surface area contributed by atoms with Crippen molar-refractivity contribution in [1.82, 2.24) is 0 Å². The summed E-state index contributed by atoms with van der Waals surface area (Å²) in [5, 5.41) is 11.2. The molecule has 1 atom stereocenters. The van der Waals surface area contributed by atoms with Gasteiger partial charge in [0.15, 0.2) is 0 Å². The Labute approximate surface area is 117 Å². The molecular formula is C14H18N2O4. The number of carbonyl (C=O) groups excluding carboxylic acids is 1. The largest absolute Gasteiger partial charge is 0.377 e. The zero-order valence-electron chi connectivity index (χ0n) is 11.7. The first-order valence-corrected chi connectivity index (χ1v) is 6.53. The van der Waals surface area contributed by atoms with E-state index in [-0.39, 0.29) is 11.3 Å². The molecule has 0 aliphatic carbocycles. The predicted molar refractivity (Wildman–Crippen MR) is 75.3 cm³/mol. The van der Waals surface area contributed by atoms with Crippen molar-refractivity contribution in [3.63, 3.8) is 0 Å². The van der Waals surface area contributed by atoms with Crippen LogP contribution < -0.4 is 4.90 Å². The molecular weight excluding hydrogens is 260 g/mol. The second-order valence-corrected chi connectivity index (χ2v) is 5.30. The van der Waals surface area contributed by atoms with Crippen molar-refractivity contribution in [3.8, 4) is 0 Å². The van der Waals surface area contributed by atoms with E-state index in [1.54, 1.807) is 19.2 Å². The number of ether oxygens (including phenoxy) is 1. The van der Waals surface area contributed by atoms with Gasteiger partial charge in [0.2, 0.25) is 0 Å². The summed E-state index contributed by atoms with van der Waals surface area (Å²) in [5.41, 5.74) is 0.528. The lowest BCUT2D eigenvalue weighted by Crippen LogP contribution is -2.47. The number of benzene rings is 1. The molecule has 0 spiro atoms. The van der Waals surface area contributed by atoms with Crippen molar-refractivity contribution in [2.45, 2.75) is 25.4 Å². The number of methoxy groups -OCH3 is 1. The first-order valence-electron chi connectivity index (χ1n) is 6.53. The van der Waals surface area contributed by atoms with Crippen molar-refractivity contribution >= 4 is 17.7 Å². The van der Waals surface area contributed by atoms with Crippen molar-refractivity contribution in [3.05, 3.63) is 33.9 Å². The highest BCUT2D eigenvalue weighted by atomic mass is 16.6. The van der Waals surface area contributed by atoms with Crippen LogP contribution in [0.3, 0.4) is 0 Å². The van der Waals surface area contributed by atoms with Gasteiger partial charge in [0.1, 0.15) is 12.0 Å². The molecule has 0 radical (unpaired) electrons. The van der Waals surface area contributed by atoms with Crippen LogP contribution in [-0.4, -0.2) is 37.0 Å². The fourth-order valence-corrected chi connectivity index (χ4v) is 2.61. The molecule has 1 aromatic carbocycles. The van der Waals surface area contributed by atoms with Crippen LogP contribution in [0.4, 0.5) is 11.4 Å². The van der Waals surface area contributed by atoms with Crippen molar-refractivity contribution in [2.75, 3.05) is 25.1 Å². The number of nitro benzene ring substituents is 1. The summed E-state index contributed by atoms with van der Waals surface area (Å²) in [6, 6.07) is 4.57. The average molecular weight is 278 g/mol. The molecule has 2 rings (SSSR count). The molecule has 0 aromatic heterocycles. The smallest absolute Gasteiger partial charge is 0.293 e. The van der Waals surface area contributed by atoms with E-state index >= 15 is 0 Å². The molecule has 0 bridgehead atoms. The van der Waals surface area contributed by atoms with Gasteiger partial charge in [-0.05, 0) is 31.9 Å². The number of anilines is 1. The van der Waals surface area contributed by atoms with E-state index in [2.05, 4.69) is 0 Å². The van der Waals surface area contributed by atoms with Gasteiger partial charge >= 0.3 is 0 Å². The van der Waals surface area contributed by atoms with Crippen molar-refractivity contribution in [2.24, 2.45) is 0 Å². The Kier molecular flexibility index (Phi) is 4.04. The van der Waals surface area contributed by atoms with Crippen LogP contribution in [-0.2, 0) is 4.74 Å². The number of nitro groups is 1. The third kappa shape index (κ3) is 2.80. The molecule has 0 N–H and O–H groups in total. The van der Waals surface area contributed by atoms with Gasteiger partial charge < -0.3 is 9.64 Å². The molecule has 1 aliphatic rings. The number of rotatable bonds is 4. The maximum Gasteiger partial charge on any atom is 0.293 e. The third-order valence-electron chi connectivity index (χ3n) is 3.82. The van der Waals surface area contributed by atoms with Gasteiger partial charge in [-0.3, -0.25) is 14.9 Å². The number of hydrogen-bond donors (Lipinski definition) is 0. The van der Waals surface area contributed by atoms with Crippen LogP contribution in [0.5, 0.6) is 0 Å². The Morgan fingerprint density at radius 2 is 2.25 bits per heavy atom. The van der Waals surface area contributed by atoms with Gasteiger partial charge in [-0.25, -0.2) is 0 Å². The van der Waals surface area contributed by atoms with Crippen molar-refractivity contribution < 1.29 is 14.5 Å². The average Bonchev–Trinajstić information content (AvgIpc) is 2.46. The van der Waals surface area contributed by atoms with Crippen LogP contribution in [0.15, 0.2) is 18.2 Å². The normalized spacial score (nSPS) is 22.6. The second-order valence-electron chi connectivity index (χ2n) is 5.30. The van der Waals surface area contributed by atoms with E-state index in [1.165, 1.54) is 6.07 Å². The standard InChI is InChI=1S/C14H18N2O4/c1-14(20-2)6-3-7-15(10-14)12-5-4-11(9-17)8-13(12)16(18)19/h4-5,8-9H,3,6-7,10H2,1-2H3. The van der Waals surface area contributed by atoms with Gasteiger partial charge in [-0.2, -0.15) is 0 Å². The highest BCUT2D eigenvalue weighted by molar-refractivity contribution is 5.79. The number of hydrogen-bond acceptors (Lipinski definition) is 5. The number of nitrogens with zero attached hydrogens (tertiary/aromatic N) is 2. The van der Waals surface area contributed by atoms with Crippen LogP contribution >= 0.6 is 0 Å². The summed E-state index contributed by atoms with van der Waals surface area (Å²) in [7, 11) is 1.66. The molecule has 108 valence electrons. The van der Waals surface area contributed by atoms with E-state index in [0.717, 1.165) is 19.4 Å². The minimum atomic E-state index is -0.443. The van der Waals surface area contributed by atoms with Crippen molar-refractivity contribution in [1.29, 1.82) is 0 Å². The van der Waals surface area contributed by atoms with E-state index in [9.17, 15) is 14.9 Å². The van der Waals surface area contributed by atoms with Gasteiger partial charge in [0.05, 0.1) is 10.5 Å². The summed E-state index contributed by atoms with van der Waals surface area (Å²) in [4.78, 5) is 23.5. The summed E-state index contributed by atoms with van der Waals surface area (Å²) in [6.07, 6.45) is 2.46. The summed E-state index contributed by atoms with van der Waals surface area (Å²) < 4.78 is 5.51. The highest BCUT2D eigenvalue weighted by Gasteiger charge is 2.33. The molecule has 6 heteroatoms. The Bertz CT molecular complexity index is 532. The summed E-state index contributed by atoms with van der Waals surface area (Å²) >= 11 is 0. The first kappa shape index (κ1) is 14.5. The summed E-state index contributed by atoms with van der Waals surface area (Å²) in [6.45, 7) is 3.36. The Balaban J connectivity index is 2.36. The van der Waals surface area contributed by atoms with Gasteiger partial charge in [0, 0.05) is 31.8 Å². The third-order valence-corrected chi connectivity index (χ3v) is 3.82. The van der Waals surface area contributed by atoms with Crippen LogP contribution in [0.2, 0.25) is 0 Å². The Morgan fingerprint density at radius 3 is 2.85 bits per heavy atom. The molecule has 1 heterocycles. The van der Waals surface area contributed by atoms with E-state index in [0.29, 0.717) is 24.1 Å².